The lowest BCUT2D eigenvalue weighted by atomic mass is 10.1. The highest BCUT2D eigenvalue weighted by Crippen LogP contribution is 2.32. The number of aromatic nitrogens is 3. The van der Waals surface area contributed by atoms with Gasteiger partial charge in [-0.2, -0.15) is 5.10 Å². The highest BCUT2D eigenvalue weighted by Gasteiger charge is 2.32. The van der Waals surface area contributed by atoms with Crippen molar-refractivity contribution in [2.75, 3.05) is 13.2 Å². The number of amides is 1. The minimum atomic E-state index is -0.00249. The Kier molecular flexibility index (Phi) is 3.96. The maximum absolute atomic E-state index is 12.6. The van der Waals surface area contributed by atoms with E-state index in [1.54, 1.807) is 24.5 Å². The number of pyridine rings is 1. The van der Waals surface area contributed by atoms with Crippen LogP contribution in [0.1, 0.15) is 40.6 Å². The normalized spacial score (nSPS) is 18.1. The number of carbonyl (C=O) groups excluding carboxylic acids is 1. The second kappa shape index (κ2) is 6.05. The number of aliphatic hydroxyl groups is 1. The molecule has 2 aromatic heterocycles. The summed E-state index contributed by atoms with van der Waals surface area (Å²) in [6, 6.07) is 5.50. The number of rotatable bonds is 4. The van der Waals surface area contributed by atoms with Gasteiger partial charge in [-0.15, -0.1) is 0 Å². The Hall–Kier alpha value is -2.21. The van der Waals surface area contributed by atoms with E-state index in [1.807, 2.05) is 11.0 Å². The van der Waals surface area contributed by atoms with Gasteiger partial charge < -0.3 is 10.0 Å². The van der Waals surface area contributed by atoms with Crippen molar-refractivity contribution in [3.05, 3.63) is 47.5 Å². The first kappa shape index (κ1) is 13.8. The molecular formula is C15H18N4O2. The number of aromatic amines is 1. The van der Waals surface area contributed by atoms with E-state index in [0.29, 0.717) is 12.0 Å². The van der Waals surface area contributed by atoms with Crippen molar-refractivity contribution in [1.29, 1.82) is 0 Å². The van der Waals surface area contributed by atoms with Crippen molar-refractivity contribution >= 4 is 5.91 Å². The van der Waals surface area contributed by atoms with E-state index in [9.17, 15) is 4.79 Å². The molecule has 0 spiro atoms. The smallest absolute Gasteiger partial charge is 0.255 e. The molecule has 1 aliphatic heterocycles. The highest BCUT2D eigenvalue weighted by atomic mass is 16.3. The first-order chi connectivity index (χ1) is 10.3. The van der Waals surface area contributed by atoms with Gasteiger partial charge in [-0.1, -0.05) is 0 Å². The van der Waals surface area contributed by atoms with Crippen molar-refractivity contribution in [2.45, 2.75) is 25.3 Å². The molecule has 1 saturated heterocycles. The zero-order valence-electron chi connectivity index (χ0n) is 11.7. The third-order valence-electron chi connectivity index (χ3n) is 3.80. The summed E-state index contributed by atoms with van der Waals surface area (Å²) < 4.78 is 0. The third-order valence-corrected chi connectivity index (χ3v) is 3.80. The fraction of sp³-hybridized carbons (Fsp3) is 0.400. The van der Waals surface area contributed by atoms with Crippen molar-refractivity contribution in [3.8, 4) is 0 Å². The number of aliphatic hydroxyl groups excluding tert-OH is 1. The average molecular weight is 286 g/mol. The molecule has 2 aromatic rings. The first-order valence-electron chi connectivity index (χ1n) is 7.15. The standard InChI is InChI=1S/C15H18N4O2/c20-8-5-12-9-13(18-17-12)14-4-2-7-19(14)15(21)11-3-1-6-16-10-11/h1,3,6,9-10,14,20H,2,4-5,7-8H2,(H,17,18). The molecule has 6 heteroatoms. The van der Waals surface area contributed by atoms with E-state index in [4.69, 9.17) is 5.11 Å². The van der Waals surface area contributed by atoms with Crippen molar-refractivity contribution in [3.63, 3.8) is 0 Å². The number of nitrogens with zero attached hydrogens (tertiary/aromatic N) is 3. The molecule has 6 nitrogen and oxygen atoms in total. The summed E-state index contributed by atoms with van der Waals surface area (Å²) in [6.45, 7) is 0.825. The number of H-pyrrole nitrogens is 1. The van der Waals surface area contributed by atoms with Crippen LogP contribution in [0.5, 0.6) is 0 Å². The van der Waals surface area contributed by atoms with Gasteiger partial charge in [0.2, 0.25) is 0 Å². The van der Waals surface area contributed by atoms with Crippen LogP contribution >= 0.6 is 0 Å². The summed E-state index contributed by atoms with van der Waals surface area (Å²) in [7, 11) is 0. The fourth-order valence-electron chi connectivity index (χ4n) is 2.77. The molecule has 1 unspecified atom stereocenters. The summed E-state index contributed by atoms with van der Waals surface area (Å²) >= 11 is 0. The summed E-state index contributed by atoms with van der Waals surface area (Å²) in [5, 5.41) is 16.2. The van der Waals surface area contributed by atoms with Crippen LogP contribution in [0.4, 0.5) is 0 Å². The van der Waals surface area contributed by atoms with E-state index in [1.165, 1.54) is 0 Å². The molecular weight excluding hydrogens is 268 g/mol. The molecule has 21 heavy (non-hydrogen) atoms. The molecule has 2 N–H and O–H groups in total. The molecule has 3 rings (SSSR count). The molecule has 1 atom stereocenters. The maximum atomic E-state index is 12.6. The van der Waals surface area contributed by atoms with Gasteiger partial charge in [0.25, 0.3) is 5.91 Å². The van der Waals surface area contributed by atoms with Gasteiger partial charge in [-0.3, -0.25) is 14.9 Å². The minimum Gasteiger partial charge on any atom is -0.396 e. The zero-order chi connectivity index (χ0) is 14.7. The van der Waals surface area contributed by atoms with Crippen molar-refractivity contribution in [1.82, 2.24) is 20.1 Å². The van der Waals surface area contributed by atoms with E-state index >= 15 is 0 Å². The minimum absolute atomic E-state index is 0.00130. The van der Waals surface area contributed by atoms with Gasteiger partial charge in [-0.05, 0) is 31.0 Å². The SMILES string of the molecule is O=C(c1cccnc1)N1CCCC1c1cc(CCO)[nH]n1. The number of nitrogens with one attached hydrogen (secondary N) is 1. The van der Waals surface area contributed by atoms with Crippen LogP contribution < -0.4 is 0 Å². The molecule has 1 fully saturated rings. The monoisotopic (exact) mass is 286 g/mol. The van der Waals surface area contributed by atoms with Gasteiger partial charge in [0.15, 0.2) is 0 Å². The average Bonchev–Trinajstić information content (AvgIpc) is 3.16. The lowest BCUT2D eigenvalue weighted by Gasteiger charge is -2.23. The van der Waals surface area contributed by atoms with Crippen LogP contribution in [-0.2, 0) is 6.42 Å². The van der Waals surface area contributed by atoms with E-state index in [0.717, 1.165) is 30.8 Å². The fourth-order valence-corrected chi connectivity index (χ4v) is 2.77. The maximum Gasteiger partial charge on any atom is 0.255 e. The quantitative estimate of drug-likeness (QED) is 0.888. The lowest BCUT2D eigenvalue weighted by Crippen LogP contribution is -2.30. The van der Waals surface area contributed by atoms with Crippen LogP contribution in [0.3, 0.4) is 0 Å². The molecule has 0 aromatic carbocycles. The van der Waals surface area contributed by atoms with E-state index < -0.39 is 0 Å². The molecule has 3 heterocycles. The highest BCUT2D eigenvalue weighted by molar-refractivity contribution is 5.94. The van der Waals surface area contributed by atoms with Gasteiger partial charge in [0, 0.05) is 37.7 Å². The number of hydrogen-bond acceptors (Lipinski definition) is 4. The summed E-state index contributed by atoms with van der Waals surface area (Å²) in [5.41, 5.74) is 2.37. The Morgan fingerprint density at radius 3 is 3.19 bits per heavy atom. The molecule has 1 aliphatic rings. The molecule has 0 radical (unpaired) electrons. The first-order valence-corrected chi connectivity index (χ1v) is 7.15. The molecule has 0 bridgehead atoms. The van der Waals surface area contributed by atoms with Gasteiger partial charge in [-0.25, -0.2) is 0 Å². The third kappa shape index (κ3) is 2.80. The topological polar surface area (TPSA) is 82.1 Å². The van der Waals surface area contributed by atoms with Crippen molar-refractivity contribution < 1.29 is 9.90 Å². The predicted octanol–water partition coefficient (Wildman–Crippen LogP) is 1.32. The molecule has 0 aliphatic carbocycles. The van der Waals surface area contributed by atoms with Gasteiger partial charge >= 0.3 is 0 Å². The van der Waals surface area contributed by atoms with Gasteiger partial charge in [0.1, 0.15) is 0 Å². The van der Waals surface area contributed by atoms with Crippen molar-refractivity contribution in [2.24, 2.45) is 0 Å². The lowest BCUT2D eigenvalue weighted by molar-refractivity contribution is 0.0732. The van der Waals surface area contributed by atoms with E-state index in [-0.39, 0.29) is 18.6 Å². The summed E-state index contributed by atoms with van der Waals surface area (Å²) in [6.07, 6.45) is 5.69. The molecule has 110 valence electrons. The van der Waals surface area contributed by atoms with Crippen LogP contribution in [0, 0.1) is 0 Å². The Balaban J connectivity index is 1.80. The number of hydrogen-bond donors (Lipinski definition) is 2. The Bertz CT molecular complexity index is 611. The second-order valence-corrected chi connectivity index (χ2v) is 5.19. The van der Waals surface area contributed by atoms with Crippen LogP contribution in [0.2, 0.25) is 0 Å². The number of carbonyl (C=O) groups is 1. The summed E-state index contributed by atoms with van der Waals surface area (Å²) in [4.78, 5) is 18.4. The second-order valence-electron chi connectivity index (χ2n) is 5.19. The van der Waals surface area contributed by atoms with Crippen LogP contribution in [0.15, 0.2) is 30.6 Å². The molecule has 1 amide bonds. The van der Waals surface area contributed by atoms with E-state index in [2.05, 4.69) is 15.2 Å². The Morgan fingerprint density at radius 2 is 2.43 bits per heavy atom. The van der Waals surface area contributed by atoms with Crippen LogP contribution in [0.25, 0.3) is 0 Å². The van der Waals surface area contributed by atoms with Crippen LogP contribution in [-0.4, -0.2) is 44.2 Å². The Labute approximate surface area is 122 Å². The largest absolute Gasteiger partial charge is 0.396 e. The zero-order valence-corrected chi connectivity index (χ0v) is 11.7. The molecule has 0 saturated carbocycles. The predicted molar refractivity (Wildman–Crippen MR) is 76.6 cm³/mol. The van der Waals surface area contributed by atoms with Gasteiger partial charge in [0.05, 0.1) is 17.3 Å². The number of likely N-dealkylation sites (tertiary alicyclic amines) is 1. The Morgan fingerprint density at radius 1 is 1.52 bits per heavy atom. The summed E-state index contributed by atoms with van der Waals surface area (Å²) in [5.74, 6) is -0.00249.